The highest BCUT2D eigenvalue weighted by atomic mass is 16.4. The first-order valence-electron chi connectivity index (χ1n) is 6.70. The normalized spacial score (nSPS) is 19.1. The molecule has 1 atom stereocenters. The Morgan fingerprint density at radius 2 is 2.21 bits per heavy atom. The molecule has 5 heteroatoms. The zero-order valence-corrected chi connectivity index (χ0v) is 11.4. The minimum absolute atomic E-state index is 0.0358. The van der Waals surface area contributed by atoms with E-state index >= 15 is 0 Å². The Hall–Kier alpha value is -1.78. The first-order chi connectivity index (χ1) is 9.00. The summed E-state index contributed by atoms with van der Waals surface area (Å²) in [5, 5.41) is 8.90. The highest BCUT2D eigenvalue weighted by molar-refractivity contribution is 5.93. The van der Waals surface area contributed by atoms with Crippen molar-refractivity contribution < 1.29 is 14.7 Å². The lowest BCUT2D eigenvalue weighted by Crippen LogP contribution is -2.38. The predicted molar refractivity (Wildman–Crippen MR) is 71.1 cm³/mol. The van der Waals surface area contributed by atoms with Gasteiger partial charge in [0.2, 0.25) is 0 Å². The molecule has 1 aliphatic heterocycles. The Morgan fingerprint density at radius 3 is 2.84 bits per heavy atom. The molecule has 1 saturated heterocycles. The standard InChI is InChI=1S/C14H20N2O3/c1-10(2)15-7-4-6-12(15)14(19)16-8-3-5-11(16)9-13(17)18/h4,6-7,10-11H,3,5,8-9H2,1-2H3,(H,17,18). The van der Waals surface area contributed by atoms with Gasteiger partial charge >= 0.3 is 5.97 Å². The number of carboxylic acid groups (broad SMARTS) is 1. The van der Waals surface area contributed by atoms with Gasteiger partial charge in [0, 0.05) is 24.8 Å². The van der Waals surface area contributed by atoms with Crippen molar-refractivity contribution in [1.82, 2.24) is 9.47 Å². The fourth-order valence-corrected chi connectivity index (χ4v) is 2.69. The van der Waals surface area contributed by atoms with E-state index in [1.54, 1.807) is 11.0 Å². The van der Waals surface area contributed by atoms with E-state index in [4.69, 9.17) is 5.11 Å². The van der Waals surface area contributed by atoms with Gasteiger partial charge in [0.1, 0.15) is 5.69 Å². The Balaban J connectivity index is 2.18. The molecule has 0 radical (unpaired) electrons. The summed E-state index contributed by atoms with van der Waals surface area (Å²) in [6, 6.07) is 3.71. The van der Waals surface area contributed by atoms with Crippen LogP contribution < -0.4 is 0 Å². The second-order valence-electron chi connectivity index (χ2n) is 5.29. The van der Waals surface area contributed by atoms with Gasteiger partial charge in [-0.2, -0.15) is 0 Å². The van der Waals surface area contributed by atoms with E-state index in [0.29, 0.717) is 12.2 Å². The van der Waals surface area contributed by atoms with E-state index in [1.807, 2.05) is 30.7 Å². The van der Waals surface area contributed by atoms with Crippen LogP contribution in [0.25, 0.3) is 0 Å². The molecule has 1 amide bonds. The number of carbonyl (C=O) groups excluding carboxylic acids is 1. The van der Waals surface area contributed by atoms with Crippen LogP contribution >= 0.6 is 0 Å². The van der Waals surface area contributed by atoms with Gasteiger partial charge in [-0.15, -0.1) is 0 Å². The Kier molecular flexibility index (Phi) is 3.93. The van der Waals surface area contributed by atoms with E-state index in [-0.39, 0.29) is 24.4 Å². The van der Waals surface area contributed by atoms with Crippen molar-refractivity contribution in [3.63, 3.8) is 0 Å². The molecule has 0 aliphatic carbocycles. The molecule has 1 fully saturated rings. The number of likely N-dealkylation sites (tertiary alicyclic amines) is 1. The lowest BCUT2D eigenvalue weighted by molar-refractivity contribution is -0.137. The molecule has 104 valence electrons. The molecule has 19 heavy (non-hydrogen) atoms. The smallest absolute Gasteiger partial charge is 0.305 e. The van der Waals surface area contributed by atoms with Crippen LogP contribution in [0.1, 0.15) is 49.6 Å². The predicted octanol–water partition coefficient (Wildman–Crippen LogP) is 2.15. The summed E-state index contributed by atoms with van der Waals surface area (Å²) in [4.78, 5) is 25.1. The molecule has 0 spiro atoms. The quantitative estimate of drug-likeness (QED) is 0.906. The fraction of sp³-hybridized carbons (Fsp3) is 0.571. The molecule has 1 aliphatic rings. The van der Waals surface area contributed by atoms with Gasteiger partial charge in [0.25, 0.3) is 5.91 Å². The molecule has 0 bridgehead atoms. The molecule has 2 heterocycles. The number of aromatic nitrogens is 1. The Bertz CT molecular complexity index is 479. The number of carboxylic acids is 1. The fourth-order valence-electron chi connectivity index (χ4n) is 2.69. The van der Waals surface area contributed by atoms with Crippen molar-refractivity contribution in [2.45, 2.75) is 45.2 Å². The summed E-state index contributed by atoms with van der Waals surface area (Å²) < 4.78 is 1.93. The van der Waals surface area contributed by atoms with Gasteiger partial charge in [-0.1, -0.05) is 0 Å². The number of rotatable bonds is 4. The molecule has 0 aromatic carbocycles. The SMILES string of the molecule is CC(C)n1cccc1C(=O)N1CCCC1CC(=O)O. The highest BCUT2D eigenvalue weighted by Gasteiger charge is 2.32. The van der Waals surface area contributed by atoms with Gasteiger partial charge in [-0.05, 0) is 38.8 Å². The zero-order chi connectivity index (χ0) is 14.0. The summed E-state index contributed by atoms with van der Waals surface area (Å²) in [6.07, 6.45) is 3.58. The topological polar surface area (TPSA) is 62.5 Å². The monoisotopic (exact) mass is 264 g/mol. The molecule has 1 aromatic heterocycles. The van der Waals surface area contributed by atoms with Gasteiger partial charge < -0.3 is 14.6 Å². The van der Waals surface area contributed by atoms with Crippen molar-refractivity contribution in [1.29, 1.82) is 0 Å². The maximum Gasteiger partial charge on any atom is 0.305 e. The molecular formula is C14H20N2O3. The first kappa shape index (κ1) is 13.6. The second kappa shape index (κ2) is 5.47. The van der Waals surface area contributed by atoms with Crippen LogP contribution in [0, 0.1) is 0 Å². The maximum atomic E-state index is 12.5. The second-order valence-corrected chi connectivity index (χ2v) is 5.29. The summed E-state index contributed by atoms with van der Waals surface area (Å²) in [5.74, 6) is -0.897. The van der Waals surface area contributed by atoms with E-state index in [0.717, 1.165) is 12.8 Å². The third-order valence-corrected chi connectivity index (χ3v) is 3.60. The molecule has 1 unspecified atom stereocenters. The number of nitrogens with zero attached hydrogens (tertiary/aromatic N) is 2. The van der Waals surface area contributed by atoms with Crippen molar-refractivity contribution in [3.8, 4) is 0 Å². The minimum atomic E-state index is -0.844. The van der Waals surface area contributed by atoms with Crippen LogP contribution in [0.2, 0.25) is 0 Å². The molecule has 5 nitrogen and oxygen atoms in total. The lowest BCUT2D eigenvalue weighted by atomic mass is 10.1. The van der Waals surface area contributed by atoms with Crippen molar-refractivity contribution in [2.75, 3.05) is 6.54 Å². The number of hydrogen-bond acceptors (Lipinski definition) is 2. The van der Waals surface area contributed by atoms with Crippen molar-refractivity contribution in [3.05, 3.63) is 24.0 Å². The van der Waals surface area contributed by atoms with Crippen molar-refractivity contribution >= 4 is 11.9 Å². The highest BCUT2D eigenvalue weighted by Crippen LogP contribution is 2.23. The summed E-state index contributed by atoms with van der Waals surface area (Å²) in [5.41, 5.74) is 0.646. The summed E-state index contributed by atoms with van der Waals surface area (Å²) in [7, 11) is 0. The van der Waals surface area contributed by atoms with Crippen LogP contribution in [0.15, 0.2) is 18.3 Å². The maximum absolute atomic E-state index is 12.5. The number of amides is 1. The van der Waals surface area contributed by atoms with Crippen molar-refractivity contribution in [2.24, 2.45) is 0 Å². The minimum Gasteiger partial charge on any atom is -0.481 e. The van der Waals surface area contributed by atoms with Crippen LogP contribution in [0.4, 0.5) is 0 Å². The number of carbonyl (C=O) groups is 2. The van der Waals surface area contributed by atoms with E-state index in [1.165, 1.54) is 0 Å². The average molecular weight is 264 g/mol. The average Bonchev–Trinajstić information content (AvgIpc) is 2.94. The Morgan fingerprint density at radius 1 is 1.47 bits per heavy atom. The number of hydrogen-bond donors (Lipinski definition) is 1. The third-order valence-electron chi connectivity index (χ3n) is 3.60. The largest absolute Gasteiger partial charge is 0.481 e. The molecule has 1 N–H and O–H groups in total. The Labute approximate surface area is 112 Å². The van der Waals surface area contributed by atoms with Gasteiger partial charge in [-0.25, -0.2) is 0 Å². The summed E-state index contributed by atoms with van der Waals surface area (Å²) >= 11 is 0. The van der Waals surface area contributed by atoms with Crippen LogP contribution in [-0.2, 0) is 4.79 Å². The van der Waals surface area contributed by atoms with Gasteiger partial charge in [0.15, 0.2) is 0 Å². The van der Waals surface area contributed by atoms with E-state index in [2.05, 4.69) is 0 Å². The summed E-state index contributed by atoms with van der Waals surface area (Å²) in [6.45, 7) is 4.70. The lowest BCUT2D eigenvalue weighted by Gasteiger charge is -2.24. The third kappa shape index (κ3) is 2.80. The first-order valence-corrected chi connectivity index (χ1v) is 6.70. The number of aliphatic carboxylic acids is 1. The van der Waals surface area contributed by atoms with Crippen LogP contribution in [-0.4, -0.2) is 39.0 Å². The molecule has 2 rings (SSSR count). The van der Waals surface area contributed by atoms with E-state index in [9.17, 15) is 9.59 Å². The van der Waals surface area contributed by atoms with Crippen LogP contribution in [0.3, 0.4) is 0 Å². The zero-order valence-electron chi connectivity index (χ0n) is 11.4. The van der Waals surface area contributed by atoms with Crippen LogP contribution in [0.5, 0.6) is 0 Å². The molecular weight excluding hydrogens is 244 g/mol. The molecule has 0 saturated carbocycles. The molecule has 1 aromatic rings. The van der Waals surface area contributed by atoms with Gasteiger partial charge in [0.05, 0.1) is 6.42 Å². The van der Waals surface area contributed by atoms with E-state index < -0.39 is 5.97 Å². The van der Waals surface area contributed by atoms with Gasteiger partial charge in [-0.3, -0.25) is 9.59 Å².